The molecule has 4 heterocycles. The van der Waals surface area contributed by atoms with Crippen molar-refractivity contribution in [3.8, 4) is 22.8 Å². The number of aromatic nitrogens is 2. The van der Waals surface area contributed by atoms with E-state index in [0.717, 1.165) is 37.2 Å². The first kappa shape index (κ1) is 25.1. The van der Waals surface area contributed by atoms with E-state index in [-0.39, 0.29) is 10.9 Å². The van der Waals surface area contributed by atoms with Gasteiger partial charge in [0.05, 0.1) is 24.8 Å². The van der Waals surface area contributed by atoms with Gasteiger partial charge in [-0.1, -0.05) is 11.6 Å². The molecule has 8 nitrogen and oxygen atoms in total. The molecule has 2 aromatic carbocycles. The summed E-state index contributed by atoms with van der Waals surface area (Å²) in [6, 6.07) is 14.4. The third-order valence-corrected chi connectivity index (χ3v) is 9.18. The van der Waals surface area contributed by atoms with Gasteiger partial charge in [0.25, 0.3) is 0 Å². The second-order valence-corrected chi connectivity index (χ2v) is 11.7. The van der Waals surface area contributed by atoms with Crippen molar-refractivity contribution < 1.29 is 17.9 Å². The maximum Gasteiger partial charge on any atom is 0.240 e. The van der Waals surface area contributed by atoms with Crippen molar-refractivity contribution in [3.05, 3.63) is 59.2 Å². The van der Waals surface area contributed by atoms with Gasteiger partial charge in [0, 0.05) is 48.4 Å². The Bertz CT molecular complexity index is 1340. The molecular weight excluding hydrogens is 500 g/mol. The van der Waals surface area contributed by atoms with Gasteiger partial charge in [0.2, 0.25) is 10.0 Å². The Morgan fingerprint density at radius 1 is 1.08 bits per heavy atom. The summed E-state index contributed by atoms with van der Waals surface area (Å²) in [5.74, 6) is 2.20. The van der Waals surface area contributed by atoms with E-state index in [2.05, 4.69) is 15.7 Å². The van der Waals surface area contributed by atoms with Crippen LogP contribution in [0.15, 0.2) is 53.4 Å². The van der Waals surface area contributed by atoms with Crippen LogP contribution in [0.4, 0.5) is 0 Å². The van der Waals surface area contributed by atoms with Crippen LogP contribution in [0.2, 0.25) is 5.02 Å². The Kier molecular flexibility index (Phi) is 7.00. The Labute approximate surface area is 217 Å². The molecular formula is C26H31ClN4O4S. The lowest BCUT2D eigenvalue weighted by molar-refractivity contribution is 0.0306. The third-order valence-electron chi connectivity index (χ3n) is 7.49. The summed E-state index contributed by atoms with van der Waals surface area (Å²) in [6.07, 6.45) is 2.05. The molecule has 2 bridgehead atoms. The Hall–Kier alpha value is -2.59. The van der Waals surface area contributed by atoms with Crippen molar-refractivity contribution in [2.45, 2.75) is 29.7 Å². The molecule has 3 aliphatic heterocycles. The van der Waals surface area contributed by atoms with Crippen molar-refractivity contribution in [2.24, 2.45) is 13.0 Å². The maximum atomic E-state index is 12.7. The van der Waals surface area contributed by atoms with Crippen LogP contribution < -0.4 is 14.2 Å². The van der Waals surface area contributed by atoms with Crippen LogP contribution in [0.1, 0.15) is 24.5 Å². The number of nitrogens with zero attached hydrogens (tertiary/aromatic N) is 3. The highest BCUT2D eigenvalue weighted by Gasteiger charge is 2.42. The molecule has 0 amide bonds. The van der Waals surface area contributed by atoms with Gasteiger partial charge < -0.3 is 9.47 Å². The average molecular weight is 531 g/mol. The van der Waals surface area contributed by atoms with E-state index in [1.807, 2.05) is 29.9 Å². The zero-order valence-corrected chi connectivity index (χ0v) is 22.2. The van der Waals surface area contributed by atoms with E-state index in [4.69, 9.17) is 26.2 Å². The van der Waals surface area contributed by atoms with E-state index in [1.54, 1.807) is 26.4 Å². The molecule has 0 spiro atoms. The molecule has 3 fully saturated rings. The Morgan fingerprint density at radius 3 is 2.50 bits per heavy atom. The van der Waals surface area contributed by atoms with Crippen LogP contribution in [0.5, 0.6) is 11.5 Å². The number of hydrogen-bond donors (Lipinski definition) is 1. The first-order chi connectivity index (χ1) is 17.3. The smallest absolute Gasteiger partial charge is 0.240 e. The summed E-state index contributed by atoms with van der Waals surface area (Å²) >= 11 is 5.90. The lowest BCUT2D eigenvalue weighted by atomic mass is 9.74. The van der Waals surface area contributed by atoms with Crippen LogP contribution in [0, 0.1) is 5.92 Å². The lowest BCUT2D eigenvalue weighted by Crippen LogP contribution is -2.56. The van der Waals surface area contributed by atoms with Gasteiger partial charge in [-0.2, -0.15) is 5.10 Å². The van der Waals surface area contributed by atoms with Crippen LogP contribution in [0.3, 0.4) is 0 Å². The number of rotatable bonds is 8. The quantitative estimate of drug-likeness (QED) is 0.475. The van der Waals surface area contributed by atoms with Gasteiger partial charge in [0.15, 0.2) is 11.5 Å². The maximum absolute atomic E-state index is 12.7. The van der Waals surface area contributed by atoms with Crippen molar-refractivity contribution in [1.82, 2.24) is 19.4 Å². The molecule has 0 radical (unpaired) electrons. The minimum atomic E-state index is -3.57. The lowest BCUT2D eigenvalue weighted by Gasteiger charge is -2.49. The zero-order valence-electron chi connectivity index (χ0n) is 20.6. The molecule has 3 saturated heterocycles. The summed E-state index contributed by atoms with van der Waals surface area (Å²) in [7, 11) is 1.68. The number of sulfonamides is 1. The number of hydrogen-bond acceptors (Lipinski definition) is 6. The van der Waals surface area contributed by atoms with Crippen LogP contribution in [0.25, 0.3) is 11.3 Å². The molecule has 36 heavy (non-hydrogen) atoms. The fourth-order valence-electron chi connectivity index (χ4n) is 5.55. The highest BCUT2D eigenvalue weighted by Crippen LogP contribution is 2.42. The molecule has 1 N–H and O–H groups in total. The van der Waals surface area contributed by atoms with Gasteiger partial charge in [-0.15, -0.1) is 0 Å². The number of aryl methyl sites for hydroxylation is 1. The summed E-state index contributed by atoms with van der Waals surface area (Å²) in [5, 5.41) is 5.31. The Morgan fingerprint density at radius 2 is 1.83 bits per heavy atom. The van der Waals surface area contributed by atoms with E-state index in [0.29, 0.717) is 34.9 Å². The van der Waals surface area contributed by atoms with Crippen molar-refractivity contribution >= 4 is 21.6 Å². The number of methoxy groups -OCH3 is 2. The van der Waals surface area contributed by atoms with Gasteiger partial charge in [-0.25, -0.2) is 13.1 Å². The van der Waals surface area contributed by atoms with Crippen LogP contribution in [-0.4, -0.2) is 63.0 Å². The molecule has 4 atom stereocenters. The fraction of sp³-hybridized carbons (Fsp3) is 0.423. The number of ether oxygens (including phenoxy) is 2. The molecule has 10 heteroatoms. The number of piperidine rings is 3. The van der Waals surface area contributed by atoms with E-state index in [1.165, 1.54) is 17.8 Å². The molecule has 1 unspecified atom stereocenters. The minimum absolute atomic E-state index is 0.181. The molecule has 0 saturated carbocycles. The van der Waals surface area contributed by atoms with E-state index in [9.17, 15) is 8.42 Å². The molecule has 3 aliphatic rings. The fourth-order valence-corrected chi connectivity index (χ4v) is 6.75. The number of benzene rings is 2. The molecule has 6 rings (SSSR count). The second-order valence-electron chi connectivity index (χ2n) is 9.49. The SMILES string of the molecule is COc1ccc(-c2cc([C@H]3CN4CC[C@H]3C[C@@H]4CNS(=O)(=O)c3ccc(Cl)cc3)n(C)n2)cc1OC. The molecule has 1 aromatic heterocycles. The standard InChI is InChI=1S/C26H31ClN4O4S/c1-30-24(14-23(29-30)18-4-9-25(34-2)26(13-18)35-3)22-16-31-11-10-17(22)12-20(31)15-28-36(32,33)21-7-5-19(27)6-8-21/h4-9,13-14,17,20,22,28H,10-12,15-16H2,1-3H3/t17-,20+,22-/m0/s1. The van der Waals surface area contributed by atoms with Crippen molar-refractivity contribution in [2.75, 3.05) is 33.9 Å². The predicted octanol–water partition coefficient (Wildman–Crippen LogP) is 3.91. The molecule has 0 aliphatic carbocycles. The van der Waals surface area contributed by atoms with Gasteiger partial charge >= 0.3 is 0 Å². The first-order valence-corrected chi connectivity index (χ1v) is 13.9. The number of halogens is 1. The van der Waals surface area contributed by atoms with Crippen molar-refractivity contribution in [1.29, 1.82) is 0 Å². The minimum Gasteiger partial charge on any atom is -0.493 e. The number of nitrogens with one attached hydrogen (secondary N) is 1. The van der Waals surface area contributed by atoms with E-state index >= 15 is 0 Å². The predicted molar refractivity (Wildman–Crippen MR) is 139 cm³/mol. The molecule has 192 valence electrons. The summed E-state index contributed by atoms with van der Waals surface area (Å²) < 4.78 is 41.1. The largest absolute Gasteiger partial charge is 0.493 e. The summed E-state index contributed by atoms with van der Waals surface area (Å²) in [4.78, 5) is 2.65. The topological polar surface area (TPSA) is 85.7 Å². The zero-order chi connectivity index (χ0) is 25.4. The first-order valence-electron chi connectivity index (χ1n) is 12.0. The van der Waals surface area contributed by atoms with Crippen molar-refractivity contribution in [3.63, 3.8) is 0 Å². The Balaban J connectivity index is 1.28. The van der Waals surface area contributed by atoms with Gasteiger partial charge in [0.1, 0.15) is 0 Å². The summed E-state index contributed by atoms with van der Waals surface area (Å²) in [6.45, 7) is 2.27. The highest BCUT2D eigenvalue weighted by atomic mass is 35.5. The number of fused-ring (bicyclic) bond motifs is 3. The van der Waals surface area contributed by atoms with Gasteiger partial charge in [-0.05, 0) is 73.8 Å². The van der Waals surface area contributed by atoms with Gasteiger partial charge in [-0.3, -0.25) is 9.58 Å². The second kappa shape index (κ2) is 10.0. The summed E-state index contributed by atoms with van der Waals surface area (Å²) in [5.41, 5.74) is 3.08. The normalized spacial score (nSPS) is 23.6. The van der Waals surface area contributed by atoms with Crippen LogP contribution >= 0.6 is 11.6 Å². The monoisotopic (exact) mass is 530 g/mol. The molecule has 3 aromatic rings. The average Bonchev–Trinajstić information content (AvgIpc) is 3.29. The highest BCUT2D eigenvalue weighted by molar-refractivity contribution is 7.89. The van der Waals surface area contributed by atoms with Crippen LogP contribution in [-0.2, 0) is 17.1 Å². The van der Waals surface area contributed by atoms with E-state index < -0.39 is 10.0 Å². The third kappa shape index (κ3) is 4.85.